The second kappa shape index (κ2) is 6.19. The van der Waals surface area contributed by atoms with Crippen LogP contribution in [0.3, 0.4) is 0 Å². The fourth-order valence-corrected chi connectivity index (χ4v) is 3.29. The van der Waals surface area contributed by atoms with Crippen LogP contribution in [-0.4, -0.2) is 53.6 Å². The molecule has 0 aromatic carbocycles. The van der Waals surface area contributed by atoms with E-state index in [0.717, 1.165) is 42.2 Å². The van der Waals surface area contributed by atoms with Gasteiger partial charge in [0, 0.05) is 26.2 Å². The highest BCUT2D eigenvalue weighted by molar-refractivity contribution is 8.01. The Morgan fingerprint density at radius 3 is 2.76 bits per heavy atom. The van der Waals surface area contributed by atoms with Crippen LogP contribution < -0.4 is 4.90 Å². The summed E-state index contributed by atoms with van der Waals surface area (Å²) in [6, 6.07) is 2.10. The third-order valence-corrected chi connectivity index (χ3v) is 4.73. The van der Waals surface area contributed by atoms with Crippen molar-refractivity contribution in [2.75, 3.05) is 43.4 Å². The smallest absolute Gasteiger partial charge is 0.209 e. The SMILES string of the molecule is CCN1CCN(c2nnc(SCC#N)s2)CC1. The first kappa shape index (κ1) is 12.6. The zero-order valence-corrected chi connectivity index (χ0v) is 11.4. The Kier molecular flexibility index (Phi) is 4.59. The Balaban J connectivity index is 1.90. The second-order valence-corrected chi connectivity index (χ2v) is 5.90. The number of hydrogen-bond donors (Lipinski definition) is 0. The lowest BCUT2D eigenvalue weighted by Crippen LogP contribution is -2.46. The van der Waals surface area contributed by atoms with Crippen molar-refractivity contribution < 1.29 is 0 Å². The molecule has 0 radical (unpaired) electrons. The Morgan fingerprint density at radius 1 is 1.35 bits per heavy atom. The maximum Gasteiger partial charge on any atom is 0.209 e. The molecule has 7 heteroatoms. The first-order valence-corrected chi connectivity index (χ1v) is 7.44. The molecule has 0 atom stereocenters. The standard InChI is InChI=1S/C10H15N5S2/c1-2-14-4-6-15(7-5-14)9-12-13-10(17-9)16-8-3-11/h2,4-8H2,1H3. The van der Waals surface area contributed by atoms with Crippen LogP contribution in [0.15, 0.2) is 4.34 Å². The van der Waals surface area contributed by atoms with Gasteiger partial charge < -0.3 is 9.80 Å². The normalized spacial score (nSPS) is 17.1. The fourth-order valence-electron chi connectivity index (χ4n) is 1.74. The van der Waals surface area contributed by atoms with Gasteiger partial charge in [-0.15, -0.1) is 10.2 Å². The van der Waals surface area contributed by atoms with E-state index in [1.165, 1.54) is 11.8 Å². The van der Waals surface area contributed by atoms with Crippen molar-refractivity contribution in [3.63, 3.8) is 0 Å². The van der Waals surface area contributed by atoms with Gasteiger partial charge in [-0.25, -0.2) is 0 Å². The molecule has 0 saturated carbocycles. The molecule has 1 aromatic rings. The Bertz CT molecular complexity index is 392. The summed E-state index contributed by atoms with van der Waals surface area (Å²) in [6.45, 7) is 7.54. The number of thioether (sulfide) groups is 1. The predicted octanol–water partition coefficient (Wildman–Crippen LogP) is 1.30. The molecule has 17 heavy (non-hydrogen) atoms. The van der Waals surface area contributed by atoms with Crippen molar-refractivity contribution in [3.8, 4) is 6.07 Å². The van der Waals surface area contributed by atoms with Gasteiger partial charge in [-0.1, -0.05) is 30.0 Å². The minimum atomic E-state index is 0.443. The van der Waals surface area contributed by atoms with Gasteiger partial charge in [0.25, 0.3) is 0 Å². The number of rotatable bonds is 4. The van der Waals surface area contributed by atoms with Crippen LogP contribution in [0.25, 0.3) is 0 Å². The monoisotopic (exact) mass is 269 g/mol. The van der Waals surface area contributed by atoms with E-state index in [9.17, 15) is 0 Å². The van der Waals surface area contributed by atoms with Crippen molar-refractivity contribution >= 4 is 28.2 Å². The number of nitrogens with zero attached hydrogens (tertiary/aromatic N) is 5. The first-order chi connectivity index (χ1) is 8.33. The van der Waals surface area contributed by atoms with Gasteiger partial charge in [0.1, 0.15) is 0 Å². The zero-order chi connectivity index (χ0) is 12.1. The fraction of sp³-hybridized carbons (Fsp3) is 0.700. The predicted molar refractivity (Wildman–Crippen MR) is 70.6 cm³/mol. The third-order valence-electron chi connectivity index (χ3n) is 2.75. The van der Waals surface area contributed by atoms with Crippen LogP contribution in [-0.2, 0) is 0 Å². The molecule has 1 saturated heterocycles. The van der Waals surface area contributed by atoms with E-state index >= 15 is 0 Å². The molecule has 1 aliphatic heterocycles. The molecular weight excluding hydrogens is 254 g/mol. The minimum Gasteiger partial charge on any atom is -0.344 e. The Hall–Kier alpha value is -0.840. The number of nitriles is 1. The van der Waals surface area contributed by atoms with Gasteiger partial charge in [-0.3, -0.25) is 0 Å². The van der Waals surface area contributed by atoms with Crippen LogP contribution in [0.1, 0.15) is 6.92 Å². The summed E-state index contributed by atoms with van der Waals surface area (Å²) in [4.78, 5) is 4.71. The van der Waals surface area contributed by atoms with Gasteiger partial charge in [0.2, 0.25) is 5.13 Å². The van der Waals surface area contributed by atoms with Crippen LogP contribution in [0.2, 0.25) is 0 Å². The molecule has 5 nitrogen and oxygen atoms in total. The summed E-state index contributed by atoms with van der Waals surface area (Å²) >= 11 is 3.04. The van der Waals surface area contributed by atoms with E-state index in [2.05, 4.69) is 33.0 Å². The number of hydrogen-bond acceptors (Lipinski definition) is 7. The van der Waals surface area contributed by atoms with Crippen molar-refractivity contribution in [1.82, 2.24) is 15.1 Å². The molecule has 2 rings (SSSR count). The van der Waals surface area contributed by atoms with Crippen molar-refractivity contribution in [3.05, 3.63) is 0 Å². The maximum absolute atomic E-state index is 8.51. The quantitative estimate of drug-likeness (QED) is 0.768. The highest BCUT2D eigenvalue weighted by Gasteiger charge is 2.18. The average molecular weight is 269 g/mol. The lowest BCUT2D eigenvalue weighted by Gasteiger charge is -2.33. The van der Waals surface area contributed by atoms with Gasteiger partial charge in [-0.05, 0) is 6.54 Å². The number of anilines is 1. The molecule has 0 bridgehead atoms. The Labute approximate surface area is 109 Å². The van der Waals surface area contributed by atoms with Gasteiger partial charge in [0.05, 0.1) is 11.8 Å². The second-order valence-electron chi connectivity index (χ2n) is 3.72. The van der Waals surface area contributed by atoms with E-state index in [1.807, 2.05) is 0 Å². The molecule has 0 unspecified atom stereocenters. The molecule has 1 aromatic heterocycles. The van der Waals surface area contributed by atoms with Crippen LogP contribution in [0.5, 0.6) is 0 Å². The molecule has 1 fully saturated rings. The van der Waals surface area contributed by atoms with E-state index < -0.39 is 0 Å². The topological polar surface area (TPSA) is 56.1 Å². The zero-order valence-electron chi connectivity index (χ0n) is 9.80. The van der Waals surface area contributed by atoms with Crippen LogP contribution >= 0.6 is 23.1 Å². The molecule has 0 aliphatic carbocycles. The molecular formula is C10H15N5S2. The average Bonchev–Trinajstić information content (AvgIpc) is 2.85. The van der Waals surface area contributed by atoms with Crippen molar-refractivity contribution in [2.24, 2.45) is 0 Å². The van der Waals surface area contributed by atoms with E-state index in [-0.39, 0.29) is 0 Å². The lowest BCUT2D eigenvalue weighted by atomic mass is 10.3. The summed E-state index contributed by atoms with van der Waals surface area (Å²) in [6.07, 6.45) is 0. The van der Waals surface area contributed by atoms with Crippen molar-refractivity contribution in [2.45, 2.75) is 11.3 Å². The highest BCUT2D eigenvalue weighted by atomic mass is 32.2. The van der Waals surface area contributed by atoms with Gasteiger partial charge >= 0.3 is 0 Å². The van der Waals surface area contributed by atoms with Gasteiger partial charge in [0.15, 0.2) is 4.34 Å². The largest absolute Gasteiger partial charge is 0.344 e. The highest BCUT2D eigenvalue weighted by Crippen LogP contribution is 2.28. The van der Waals surface area contributed by atoms with E-state index in [1.54, 1.807) is 11.3 Å². The summed E-state index contributed by atoms with van der Waals surface area (Å²) < 4.78 is 0.888. The Morgan fingerprint density at radius 2 is 2.12 bits per heavy atom. The summed E-state index contributed by atoms with van der Waals surface area (Å²) in [7, 11) is 0. The maximum atomic E-state index is 8.51. The molecule has 0 N–H and O–H groups in total. The van der Waals surface area contributed by atoms with Crippen molar-refractivity contribution in [1.29, 1.82) is 5.26 Å². The first-order valence-electron chi connectivity index (χ1n) is 5.64. The van der Waals surface area contributed by atoms with Gasteiger partial charge in [-0.2, -0.15) is 5.26 Å². The minimum absolute atomic E-state index is 0.443. The summed E-state index contributed by atoms with van der Waals surface area (Å²) in [5.74, 6) is 0.443. The third kappa shape index (κ3) is 3.31. The molecule has 1 aliphatic rings. The molecule has 0 amide bonds. The van der Waals surface area contributed by atoms with E-state index in [0.29, 0.717) is 5.75 Å². The van der Waals surface area contributed by atoms with Crippen LogP contribution in [0, 0.1) is 11.3 Å². The molecule has 0 spiro atoms. The summed E-state index contributed by atoms with van der Waals surface area (Å²) in [5, 5.41) is 17.8. The number of aromatic nitrogens is 2. The number of piperazine rings is 1. The molecule has 2 heterocycles. The van der Waals surface area contributed by atoms with E-state index in [4.69, 9.17) is 5.26 Å². The lowest BCUT2D eigenvalue weighted by molar-refractivity contribution is 0.271. The van der Waals surface area contributed by atoms with Crippen LogP contribution in [0.4, 0.5) is 5.13 Å². The molecule has 92 valence electrons. The summed E-state index contributed by atoms with van der Waals surface area (Å²) in [5.41, 5.74) is 0. The number of likely N-dealkylation sites (N-methyl/N-ethyl adjacent to an activating group) is 1.